The molecule has 0 radical (unpaired) electrons. The first kappa shape index (κ1) is 19.7. The molecular formula is C18H21N5O4S. The summed E-state index contributed by atoms with van der Waals surface area (Å²) in [7, 11) is 1.44. The van der Waals surface area contributed by atoms with Gasteiger partial charge in [0.15, 0.2) is 28.6 Å². The van der Waals surface area contributed by atoms with Crippen molar-refractivity contribution in [2.75, 3.05) is 13.7 Å². The zero-order valence-corrected chi connectivity index (χ0v) is 16.4. The average Bonchev–Trinajstić information content (AvgIpc) is 3.10. The van der Waals surface area contributed by atoms with Crippen LogP contribution in [0.3, 0.4) is 0 Å². The van der Waals surface area contributed by atoms with E-state index in [1.165, 1.54) is 18.8 Å². The Morgan fingerprint density at radius 2 is 2.14 bits per heavy atom. The van der Waals surface area contributed by atoms with E-state index in [4.69, 9.17) is 9.47 Å². The van der Waals surface area contributed by atoms with E-state index in [1.54, 1.807) is 13.0 Å². The van der Waals surface area contributed by atoms with Crippen LogP contribution in [0, 0.1) is 0 Å². The number of nitrogens with zero attached hydrogens (tertiary/aromatic N) is 3. The van der Waals surface area contributed by atoms with Crippen LogP contribution in [0.2, 0.25) is 0 Å². The quantitative estimate of drug-likeness (QED) is 0.560. The van der Waals surface area contributed by atoms with E-state index >= 15 is 0 Å². The van der Waals surface area contributed by atoms with Gasteiger partial charge in [-0.25, -0.2) is 4.79 Å². The highest BCUT2D eigenvalue weighted by Crippen LogP contribution is 2.36. The fraction of sp³-hybridized carbons (Fsp3) is 0.333. The van der Waals surface area contributed by atoms with Crippen LogP contribution in [0.15, 0.2) is 42.1 Å². The SMILES string of the molecule is C=CCn1c(S[C@@H](C)C(=O)NC(=O)NC)nnc1[C@@H]1COc2ccccc2O1. The molecule has 2 heterocycles. The smallest absolute Gasteiger partial charge is 0.321 e. The molecule has 0 saturated carbocycles. The van der Waals surface area contributed by atoms with Gasteiger partial charge in [0.25, 0.3) is 0 Å². The molecule has 1 aromatic carbocycles. The van der Waals surface area contributed by atoms with E-state index in [0.717, 1.165) is 0 Å². The number of imide groups is 1. The van der Waals surface area contributed by atoms with Gasteiger partial charge in [0.05, 0.1) is 5.25 Å². The molecule has 3 rings (SSSR count). The summed E-state index contributed by atoms with van der Waals surface area (Å²) in [5, 5.41) is 13.0. The Labute approximate surface area is 166 Å². The van der Waals surface area contributed by atoms with Gasteiger partial charge in [-0.3, -0.25) is 14.7 Å². The Morgan fingerprint density at radius 1 is 1.39 bits per heavy atom. The van der Waals surface area contributed by atoms with E-state index < -0.39 is 23.3 Å². The van der Waals surface area contributed by atoms with E-state index in [0.29, 0.717) is 35.6 Å². The van der Waals surface area contributed by atoms with Crippen LogP contribution >= 0.6 is 11.8 Å². The second-order valence-electron chi connectivity index (χ2n) is 5.93. The van der Waals surface area contributed by atoms with Gasteiger partial charge in [0, 0.05) is 13.6 Å². The molecule has 28 heavy (non-hydrogen) atoms. The number of carbonyl (C=O) groups excluding carboxylic acids is 2. The fourth-order valence-corrected chi connectivity index (χ4v) is 3.43. The summed E-state index contributed by atoms with van der Waals surface area (Å²) in [5.74, 6) is 1.48. The summed E-state index contributed by atoms with van der Waals surface area (Å²) in [6, 6.07) is 6.86. The maximum absolute atomic E-state index is 12.1. The third-order valence-electron chi connectivity index (χ3n) is 3.97. The summed E-state index contributed by atoms with van der Waals surface area (Å²) >= 11 is 1.19. The molecule has 0 spiro atoms. The molecule has 148 valence electrons. The Balaban J connectivity index is 1.78. The van der Waals surface area contributed by atoms with Crippen molar-refractivity contribution in [2.45, 2.75) is 30.0 Å². The molecule has 9 nitrogen and oxygen atoms in total. The van der Waals surface area contributed by atoms with Crippen molar-refractivity contribution in [3.05, 3.63) is 42.7 Å². The first-order valence-electron chi connectivity index (χ1n) is 8.65. The number of para-hydroxylation sites is 2. The summed E-state index contributed by atoms with van der Waals surface area (Å²) < 4.78 is 13.6. The minimum atomic E-state index is -0.558. The topological polar surface area (TPSA) is 107 Å². The third kappa shape index (κ3) is 4.28. The highest BCUT2D eigenvalue weighted by Gasteiger charge is 2.29. The number of benzene rings is 1. The number of hydrogen-bond donors (Lipinski definition) is 2. The highest BCUT2D eigenvalue weighted by molar-refractivity contribution is 8.00. The number of fused-ring (bicyclic) bond motifs is 1. The number of carbonyl (C=O) groups is 2. The monoisotopic (exact) mass is 403 g/mol. The van der Waals surface area contributed by atoms with E-state index in [1.807, 2.05) is 28.8 Å². The summed E-state index contributed by atoms with van der Waals surface area (Å²) in [6.07, 6.45) is 1.27. The van der Waals surface area contributed by atoms with Crippen LogP contribution in [0.1, 0.15) is 18.9 Å². The second-order valence-corrected chi connectivity index (χ2v) is 7.24. The maximum Gasteiger partial charge on any atom is 0.321 e. The zero-order valence-electron chi connectivity index (χ0n) is 15.5. The normalized spacial score (nSPS) is 16.1. The molecule has 3 amide bonds. The molecule has 0 fully saturated rings. The molecule has 1 aliphatic heterocycles. The van der Waals surface area contributed by atoms with Gasteiger partial charge in [-0.15, -0.1) is 16.8 Å². The van der Waals surface area contributed by atoms with Crippen molar-refractivity contribution in [1.29, 1.82) is 0 Å². The number of thioether (sulfide) groups is 1. The van der Waals surface area contributed by atoms with E-state index in [2.05, 4.69) is 27.4 Å². The lowest BCUT2D eigenvalue weighted by Gasteiger charge is -2.26. The Kier molecular flexibility index (Phi) is 6.19. The molecule has 0 aliphatic carbocycles. The average molecular weight is 403 g/mol. The molecule has 1 aliphatic rings. The number of allylic oxidation sites excluding steroid dienone is 1. The Bertz CT molecular complexity index is 885. The largest absolute Gasteiger partial charge is 0.485 e. The van der Waals surface area contributed by atoms with Gasteiger partial charge in [-0.05, 0) is 19.1 Å². The lowest BCUT2D eigenvalue weighted by atomic mass is 10.2. The van der Waals surface area contributed by atoms with E-state index in [-0.39, 0.29) is 0 Å². The minimum absolute atomic E-state index is 0.295. The number of amides is 3. The second kappa shape index (κ2) is 8.79. The van der Waals surface area contributed by atoms with Crippen LogP contribution in [0.5, 0.6) is 11.5 Å². The number of urea groups is 1. The van der Waals surface area contributed by atoms with Gasteiger partial charge in [-0.2, -0.15) is 0 Å². The molecule has 2 aromatic rings. The molecule has 10 heteroatoms. The first-order chi connectivity index (χ1) is 13.5. The Hall–Kier alpha value is -3.01. The first-order valence-corrected chi connectivity index (χ1v) is 9.53. The van der Waals surface area contributed by atoms with Crippen molar-refractivity contribution in [1.82, 2.24) is 25.4 Å². The van der Waals surface area contributed by atoms with Crippen molar-refractivity contribution in [2.24, 2.45) is 0 Å². The van der Waals surface area contributed by atoms with Gasteiger partial charge in [-0.1, -0.05) is 30.0 Å². The number of aromatic nitrogens is 3. The van der Waals surface area contributed by atoms with Gasteiger partial charge in [0.2, 0.25) is 5.91 Å². The van der Waals surface area contributed by atoms with Crippen molar-refractivity contribution < 1.29 is 19.1 Å². The van der Waals surface area contributed by atoms with E-state index in [9.17, 15) is 9.59 Å². The summed E-state index contributed by atoms with van der Waals surface area (Å²) in [4.78, 5) is 23.4. The Morgan fingerprint density at radius 3 is 2.86 bits per heavy atom. The predicted octanol–water partition coefficient (Wildman–Crippen LogP) is 1.91. The minimum Gasteiger partial charge on any atom is -0.485 e. The molecular weight excluding hydrogens is 382 g/mol. The van der Waals surface area contributed by atoms with Crippen LogP contribution in [0.4, 0.5) is 4.79 Å². The number of nitrogens with one attached hydrogen (secondary N) is 2. The summed E-state index contributed by atoms with van der Waals surface area (Å²) in [5.41, 5.74) is 0. The zero-order chi connectivity index (χ0) is 20.1. The van der Waals surface area contributed by atoms with Crippen LogP contribution < -0.4 is 20.1 Å². The molecule has 1 aromatic heterocycles. The van der Waals surface area contributed by atoms with Crippen molar-refractivity contribution in [3.63, 3.8) is 0 Å². The van der Waals surface area contributed by atoms with Gasteiger partial charge in [0.1, 0.15) is 6.61 Å². The molecule has 2 N–H and O–H groups in total. The number of hydrogen-bond acceptors (Lipinski definition) is 7. The molecule has 0 saturated heterocycles. The van der Waals surface area contributed by atoms with Crippen LogP contribution in [-0.2, 0) is 11.3 Å². The standard InChI is InChI=1S/C18H21N5O4S/c1-4-9-23-15(14-10-26-12-7-5-6-8-13(12)27-14)21-22-18(23)28-11(2)16(24)20-17(25)19-3/h4-8,11,14H,1,9-10H2,2-3H3,(H2,19,20,24,25)/t11-,14-/m0/s1. The maximum atomic E-state index is 12.1. The summed E-state index contributed by atoms with van der Waals surface area (Å²) in [6.45, 7) is 6.20. The van der Waals surface area contributed by atoms with Crippen LogP contribution in [-0.4, -0.2) is 45.6 Å². The number of ether oxygens (including phenoxy) is 2. The van der Waals surface area contributed by atoms with Crippen LogP contribution in [0.25, 0.3) is 0 Å². The predicted molar refractivity (Wildman–Crippen MR) is 103 cm³/mol. The molecule has 0 bridgehead atoms. The van der Waals surface area contributed by atoms with Crippen molar-refractivity contribution in [3.8, 4) is 11.5 Å². The third-order valence-corrected chi connectivity index (χ3v) is 5.05. The van der Waals surface area contributed by atoms with Gasteiger partial charge < -0.3 is 14.8 Å². The van der Waals surface area contributed by atoms with Gasteiger partial charge >= 0.3 is 6.03 Å². The van der Waals surface area contributed by atoms with Crippen molar-refractivity contribution >= 4 is 23.7 Å². The highest BCUT2D eigenvalue weighted by atomic mass is 32.2. The number of rotatable bonds is 6. The molecule has 0 unspecified atom stereocenters. The lowest BCUT2D eigenvalue weighted by molar-refractivity contribution is -0.119. The molecule has 2 atom stereocenters. The lowest BCUT2D eigenvalue weighted by Crippen LogP contribution is -2.41. The fourth-order valence-electron chi connectivity index (χ4n) is 2.56.